The normalized spacial score (nSPS) is 10.1. The van der Waals surface area contributed by atoms with E-state index in [1.807, 2.05) is 0 Å². The Morgan fingerprint density at radius 3 is 2.89 bits per heavy atom. The van der Waals surface area contributed by atoms with Gasteiger partial charge in [-0.15, -0.1) is 0 Å². The van der Waals surface area contributed by atoms with Crippen molar-refractivity contribution in [3.8, 4) is 5.75 Å². The molecule has 1 heterocycles. The zero-order valence-corrected chi connectivity index (χ0v) is 12.3. The Balaban J connectivity index is 2.22. The topological polar surface area (TPSA) is 51.2 Å². The molecule has 1 aromatic heterocycles. The van der Waals surface area contributed by atoms with Gasteiger partial charge in [0.05, 0.1) is 12.1 Å². The molecule has 0 unspecified atom stereocenters. The number of aromatic nitrogens is 1. The van der Waals surface area contributed by atoms with Crippen molar-refractivity contribution < 1.29 is 9.53 Å². The summed E-state index contributed by atoms with van der Waals surface area (Å²) in [6.07, 6.45) is 1.56. The predicted molar refractivity (Wildman–Crippen MR) is 77.9 cm³/mol. The van der Waals surface area contributed by atoms with Gasteiger partial charge >= 0.3 is 0 Å². The zero-order chi connectivity index (χ0) is 13.8. The number of nitrogens with one attached hydrogen (secondary N) is 1. The van der Waals surface area contributed by atoms with Crippen molar-refractivity contribution in [2.24, 2.45) is 0 Å². The number of benzene rings is 1. The molecule has 0 atom stereocenters. The third-order valence-corrected chi connectivity index (χ3v) is 3.33. The molecule has 2 rings (SSSR count). The minimum Gasteiger partial charge on any atom is -0.495 e. The second-order valence-corrected chi connectivity index (χ2v) is 4.90. The maximum Gasteiger partial charge on any atom is 0.275 e. The Labute approximate surface area is 123 Å². The molecule has 0 fully saturated rings. The lowest BCUT2D eigenvalue weighted by Gasteiger charge is -2.08. The molecule has 0 bridgehead atoms. The highest BCUT2D eigenvalue weighted by Gasteiger charge is 2.12. The fraction of sp³-hybridized carbons (Fsp3) is 0.0769. The summed E-state index contributed by atoms with van der Waals surface area (Å²) in [4.78, 5) is 16.1. The fourth-order valence-electron chi connectivity index (χ4n) is 1.48. The molecule has 6 heteroatoms. The van der Waals surface area contributed by atoms with Gasteiger partial charge in [0, 0.05) is 22.4 Å². The van der Waals surface area contributed by atoms with Gasteiger partial charge in [0.25, 0.3) is 5.91 Å². The highest BCUT2D eigenvalue weighted by atomic mass is 79.9. The highest BCUT2D eigenvalue weighted by molar-refractivity contribution is 9.10. The van der Waals surface area contributed by atoms with Crippen molar-refractivity contribution in [3.63, 3.8) is 0 Å². The van der Waals surface area contributed by atoms with Crippen LogP contribution in [0.2, 0.25) is 5.02 Å². The third-order valence-electron chi connectivity index (χ3n) is 2.38. The van der Waals surface area contributed by atoms with Crippen molar-refractivity contribution in [1.29, 1.82) is 0 Å². The van der Waals surface area contributed by atoms with Crippen LogP contribution < -0.4 is 10.1 Å². The van der Waals surface area contributed by atoms with Crippen molar-refractivity contribution in [1.82, 2.24) is 4.98 Å². The van der Waals surface area contributed by atoms with Crippen LogP contribution in [-0.2, 0) is 0 Å². The summed E-state index contributed by atoms with van der Waals surface area (Å²) in [5.74, 6) is 0.191. The molecule has 19 heavy (non-hydrogen) atoms. The molecule has 1 N–H and O–H groups in total. The number of methoxy groups -OCH3 is 1. The predicted octanol–water partition coefficient (Wildman–Crippen LogP) is 3.76. The number of amides is 1. The van der Waals surface area contributed by atoms with Crippen LogP contribution in [0.4, 0.5) is 5.69 Å². The van der Waals surface area contributed by atoms with Gasteiger partial charge in [-0.2, -0.15) is 0 Å². The van der Waals surface area contributed by atoms with Crippen LogP contribution in [0.25, 0.3) is 0 Å². The number of hydrogen-bond donors (Lipinski definition) is 1. The summed E-state index contributed by atoms with van der Waals surface area (Å²) in [5.41, 5.74) is 0.903. The van der Waals surface area contributed by atoms with E-state index in [0.717, 1.165) is 0 Å². The van der Waals surface area contributed by atoms with Crippen molar-refractivity contribution in [2.75, 3.05) is 12.4 Å². The van der Waals surface area contributed by atoms with Gasteiger partial charge in [-0.1, -0.05) is 11.6 Å². The summed E-state index contributed by atoms with van der Waals surface area (Å²) < 4.78 is 5.72. The zero-order valence-electron chi connectivity index (χ0n) is 9.98. The lowest BCUT2D eigenvalue weighted by atomic mass is 10.2. The van der Waals surface area contributed by atoms with Gasteiger partial charge in [-0.05, 0) is 40.2 Å². The SMILES string of the molecule is COc1cc(NC(=O)c2ncccc2Br)ccc1Cl. The van der Waals surface area contributed by atoms with Gasteiger partial charge in [-0.25, -0.2) is 4.98 Å². The maximum atomic E-state index is 12.0. The van der Waals surface area contributed by atoms with Gasteiger partial charge in [0.2, 0.25) is 0 Å². The van der Waals surface area contributed by atoms with Crippen molar-refractivity contribution in [3.05, 3.63) is 51.7 Å². The van der Waals surface area contributed by atoms with E-state index in [9.17, 15) is 4.79 Å². The first-order valence-corrected chi connectivity index (χ1v) is 6.54. The molecule has 0 saturated heterocycles. The second kappa shape index (κ2) is 6.04. The first-order valence-electron chi connectivity index (χ1n) is 5.37. The van der Waals surface area contributed by atoms with E-state index < -0.39 is 0 Å². The van der Waals surface area contributed by atoms with Crippen LogP contribution in [0.1, 0.15) is 10.5 Å². The molecular formula is C13H10BrClN2O2. The Morgan fingerprint density at radius 2 is 2.21 bits per heavy atom. The summed E-state index contributed by atoms with van der Waals surface area (Å²) in [7, 11) is 1.52. The molecule has 1 aromatic carbocycles. The van der Waals surface area contributed by atoms with Crippen LogP contribution in [0.5, 0.6) is 5.75 Å². The fourth-order valence-corrected chi connectivity index (χ4v) is 2.11. The number of rotatable bonds is 3. The van der Waals surface area contributed by atoms with Gasteiger partial charge < -0.3 is 10.1 Å². The van der Waals surface area contributed by atoms with Crippen LogP contribution in [-0.4, -0.2) is 18.0 Å². The molecule has 4 nitrogen and oxygen atoms in total. The number of halogens is 2. The molecule has 0 saturated carbocycles. The number of pyridine rings is 1. The number of carbonyl (C=O) groups is 1. The maximum absolute atomic E-state index is 12.0. The molecule has 0 spiro atoms. The molecule has 0 aliphatic heterocycles. The van der Waals surface area contributed by atoms with E-state index in [4.69, 9.17) is 16.3 Å². The molecule has 0 aliphatic carbocycles. The largest absolute Gasteiger partial charge is 0.495 e. The lowest BCUT2D eigenvalue weighted by molar-refractivity contribution is 0.102. The Bertz CT molecular complexity index is 619. The summed E-state index contributed by atoms with van der Waals surface area (Å²) in [6.45, 7) is 0. The van der Waals surface area contributed by atoms with Crippen LogP contribution >= 0.6 is 27.5 Å². The number of carbonyl (C=O) groups excluding carboxylic acids is 1. The number of nitrogens with zero attached hydrogens (tertiary/aromatic N) is 1. The summed E-state index contributed by atoms with van der Waals surface area (Å²) in [5, 5.41) is 3.22. The molecule has 1 amide bonds. The summed E-state index contributed by atoms with van der Waals surface area (Å²) in [6, 6.07) is 8.50. The third kappa shape index (κ3) is 3.24. The monoisotopic (exact) mass is 340 g/mol. The molecule has 0 radical (unpaired) electrons. The minimum absolute atomic E-state index is 0.308. The van der Waals surface area contributed by atoms with E-state index in [0.29, 0.717) is 26.6 Å². The van der Waals surface area contributed by atoms with E-state index in [1.54, 1.807) is 36.5 Å². The number of anilines is 1. The average Bonchev–Trinajstić information content (AvgIpc) is 2.41. The van der Waals surface area contributed by atoms with E-state index >= 15 is 0 Å². The van der Waals surface area contributed by atoms with Crippen molar-refractivity contribution >= 4 is 39.1 Å². The van der Waals surface area contributed by atoms with Crippen LogP contribution in [0, 0.1) is 0 Å². The van der Waals surface area contributed by atoms with Gasteiger partial charge in [0.1, 0.15) is 11.4 Å². The standard InChI is InChI=1S/C13H10BrClN2O2/c1-19-11-7-8(4-5-10(11)15)17-13(18)12-9(14)3-2-6-16-12/h2-7H,1H3,(H,17,18). The van der Waals surface area contributed by atoms with E-state index in [2.05, 4.69) is 26.2 Å². The average molecular weight is 342 g/mol. The highest BCUT2D eigenvalue weighted by Crippen LogP contribution is 2.27. The first kappa shape index (κ1) is 13.8. The van der Waals surface area contributed by atoms with E-state index in [-0.39, 0.29) is 5.91 Å². The molecule has 98 valence electrons. The van der Waals surface area contributed by atoms with Crippen LogP contribution in [0.3, 0.4) is 0 Å². The van der Waals surface area contributed by atoms with Gasteiger partial charge in [-0.3, -0.25) is 4.79 Å². The van der Waals surface area contributed by atoms with Gasteiger partial charge in [0.15, 0.2) is 0 Å². The van der Waals surface area contributed by atoms with Crippen molar-refractivity contribution in [2.45, 2.75) is 0 Å². The Kier molecular flexibility index (Phi) is 4.39. The second-order valence-electron chi connectivity index (χ2n) is 3.64. The van der Waals surface area contributed by atoms with E-state index in [1.165, 1.54) is 7.11 Å². The number of ether oxygens (including phenoxy) is 1. The Hall–Kier alpha value is -1.59. The minimum atomic E-state index is -0.308. The number of hydrogen-bond acceptors (Lipinski definition) is 3. The summed E-state index contributed by atoms with van der Waals surface area (Å²) >= 11 is 9.20. The molecule has 2 aromatic rings. The Morgan fingerprint density at radius 1 is 1.42 bits per heavy atom. The quantitative estimate of drug-likeness (QED) is 0.925. The first-order chi connectivity index (χ1) is 9.11. The molecular weight excluding hydrogens is 332 g/mol. The lowest BCUT2D eigenvalue weighted by Crippen LogP contribution is -2.14. The molecule has 0 aliphatic rings. The smallest absolute Gasteiger partial charge is 0.275 e. The van der Waals surface area contributed by atoms with Crippen LogP contribution in [0.15, 0.2) is 41.0 Å².